The van der Waals surface area contributed by atoms with Gasteiger partial charge in [-0.1, -0.05) is 0 Å². The quantitative estimate of drug-likeness (QED) is 0.123. The van der Waals surface area contributed by atoms with E-state index in [1.54, 1.807) is 0 Å². The number of imide groups is 1. The van der Waals surface area contributed by atoms with Gasteiger partial charge in [0.1, 0.15) is 30.5 Å². The first-order chi connectivity index (χ1) is 23.6. The highest BCUT2D eigenvalue weighted by molar-refractivity contribution is 5.91. The Labute approximate surface area is 292 Å². The molecule has 19 nitrogen and oxygen atoms in total. The van der Waals surface area contributed by atoms with E-state index in [1.165, 1.54) is 45.0 Å². The fraction of sp³-hybridized carbons (Fsp3) is 0.594. The van der Waals surface area contributed by atoms with Crippen LogP contribution in [0.5, 0.6) is 0 Å². The second-order valence-electron chi connectivity index (χ2n) is 12.3. The van der Waals surface area contributed by atoms with Crippen molar-refractivity contribution < 1.29 is 76.4 Å². The van der Waals surface area contributed by atoms with Crippen molar-refractivity contribution in [3.05, 3.63) is 39.9 Å². The molecule has 0 N–H and O–H groups in total. The number of non-ortho nitro benzene ring substituents is 1. The van der Waals surface area contributed by atoms with Crippen molar-refractivity contribution in [1.29, 1.82) is 0 Å². The number of carbonyl (C=O) groups excluding carboxylic acids is 7. The summed E-state index contributed by atoms with van der Waals surface area (Å²) in [5.41, 5.74) is -1.13. The maximum absolute atomic E-state index is 13.7. The summed E-state index contributed by atoms with van der Waals surface area (Å²) in [6.45, 7) is 8.23. The van der Waals surface area contributed by atoms with E-state index in [0.717, 1.165) is 41.7 Å². The van der Waals surface area contributed by atoms with Gasteiger partial charge in [0.2, 0.25) is 5.91 Å². The number of ether oxygens (including phenoxy) is 8. The third-order valence-corrected chi connectivity index (χ3v) is 6.93. The van der Waals surface area contributed by atoms with Crippen molar-refractivity contribution in [2.45, 2.75) is 110 Å². The van der Waals surface area contributed by atoms with Gasteiger partial charge in [0.05, 0.1) is 25.1 Å². The summed E-state index contributed by atoms with van der Waals surface area (Å²) in [4.78, 5) is 101. The van der Waals surface area contributed by atoms with Crippen molar-refractivity contribution in [2.24, 2.45) is 0 Å². The fourth-order valence-electron chi connectivity index (χ4n) is 5.11. The largest absolute Gasteiger partial charge is 0.465 e. The summed E-state index contributed by atoms with van der Waals surface area (Å²) in [5, 5.41) is 11.2. The first kappa shape index (κ1) is 42.0. The van der Waals surface area contributed by atoms with Crippen molar-refractivity contribution in [3.63, 3.8) is 0 Å². The first-order valence-electron chi connectivity index (χ1n) is 15.4. The molecule has 1 aliphatic heterocycles. The molecule has 0 aliphatic carbocycles. The summed E-state index contributed by atoms with van der Waals surface area (Å²) >= 11 is 0. The number of esters is 5. The minimum Gasteiger partial charge on any atom is -0.465 e. The Balaban J connectivity index is 2.94. The predicted molar refractivity (Wildman–Crippen MR) is 168 cm³/mol. The topological polar surface area (TPSA) is 240 Å². The third-order valence-electron chi connectivity index (χ3n) is 6.93. The number of rotatable bonds is 13. The zero-order chi connectivity index (χ0) is 38.8. The van der Waals surface area contributed by atoms with Crippen molar-refractivity contribution in [1.82, 2.24) is 4.90 Å². The summed E-state index contributed by atoms with van der Waals surface area (Å²) in [6.07, 6.45) is -9.37. The van der Waals surface area contributed by atoms with Gasteiger partial charge in [0, 0.05) is 46.8 Å². The Morgan fingerprint density at radius 1 is 0.941 bits per heavy atom. The molecule has 19 heteroatoms. The highest BCUT2D eigenvalue weighted by Crippen LogP contribution is 2.40. The molecule has 2 rings (SSSR count). The number of nitrogens with zero attached hydrogens (tertiary/aromatic N) is 2. The van der Waals surface area contributed by atoms with E-state index in [2.05, 4.69) is 0 Å². The van der Waals surface area contributed by atoms with E-state index in [0.29, 0.717) is 10.5 Å². The number of amides is 2. The molecule has 2 amide bonds. The van der Waals surface area contributed by atoms with Crippen molar-refractivity contribution >= 4 is 47.5 Å². The number of nitro groups is 1. The Morgan fingerprint density at radius 2 is 1.53 bits per heavy atom. The average Bonchev–Trinajstić information content (AvgIpc) is 3.00. The molecular formula is C32H42N2O17. The van der Waals surface area contributed by atoms with Gasteiger partial charge in [-0.3, -0.25) is 34.1 Å². The van der Waals surface area contributed by atoms with Crippen LogP contribution in [0.4, 0.5) is 10.5 Å². The third kappa shape index (κ3) is 12.0. The Morgan fingerprint density at radius 3 is 1.98 bits per heavy atom. The molecule has 0 aromatic heterocycles. The molecule has 51 heavy (non-hydrogen) atoms. The Bertz CT molecular complexity index is 1490. The van der Waals surface area contributed by atoms with Crippen LogP contribution in [-0.2, 0) is 73.3 Å². The van der Waals surface area contributed by atoms with Crippen LogP contribution in [0.2, 0.25) is 0 Å². The Hall–Kier alpha value is -5.17. The van der Waals surface area contributed by atoms with Gasteiger partial charge in [-0.25, -0.2) is 14.5 Å². The van der Waals surface area contributed by atoms with E-state index in [-0.39, 0.29) is 5.69 Å². The van der Waals surface area contributed by atoms with E-state index < -0.39 is 108 Å². The van der Waals surface area contributed by atoms with Crippen LogP contribution in [-0.4, -0.2) is 107 Å². The highest BCUT2D eigenvalue weighted by Gasteiger charge is 2.62. The molecule has 0 spiro atoms. The molecule has 1 aromatic rings. The molecule has 1 aromatic carbocycles. The molecule has 1 heterocycles. The summed E-state index contributed by atoms with van der Waals surface area (Å²) in [5.74, 6) is -8.61. The van der Waals surface area contributed by atoms with Crippen LogP contribution in [0.15, 0.2) is 24.3 Å². The van der Waals surface area contributed by atoms with Crippen molar-refractivity contribution in [3.8, 4) is 0 Å². The number of methoxy groups -OCH3 is 1. The van der Waals surface area contributed by atoms with Crippen molar-refractivity contribution in [2.75, 3.05) is 13.7 Å². The molecule has 1 aliphatic rings. The number of carbonyl (C=O) groups is 7. The molecule has 282 valence electrons. The number of benzene rings is 1. The van der Waals surface area contributed by atoms with Crippen LogP contribution in [0.3, 0.4) is 0 Å². The standard InChI is InChI=1S/C32H42N2O17/c1-17(35)33(30(41)51-31(6,7)8)26-24(47-19(3)37)14-32(29(40)44-9,46-15-22-10-12-23(13-11-22)34(42)43)50-28(26)27(49-21(5)39)25(48-20(4)38)16-45-18(2)36/h10-13,24-28H,14-16H2,1-9H3/t24-,25+,26+,27+,28+,32-/m0/s1. The molecule has 0 bridgehead atoms. The maximum atomic E-state index is 13.7. The zero-order valence-corrected chi connectivity index (χ0v) is 29.7. The zero-order valence-electron chi connectivity index (χ0n) is 29.7. The van der Waals surface area contributed by atoms with E-state index in [1.807, 2.05) is 0 Å². The lowest BCUT2D eigenvalue weighted by Crippen LogP contribution is -2.70. The highest BCUT2D eigenvalue weighted by atomic mass is 16.7. The van der Waals surface area contributed by atoms with Crippen LogP contribution in [0, 0.1) is 10.1 Å². The maximum Gasteiger partial charge on any atom is 0.417 e. The van der Waals surface area contributed by atoms with Gasteiger partial charge in [0.25, 0.3) is 11.5 Å². The molecule has 0 radical (unpaired) electrons. The summed E-state index contributed by atoms with van der Waals surface area (Å²) < 4.78 is 44.3. The van der Waals surface area contributed by atoms with Crippen LogP contribution >= 0.6 is 0 Å². The number of nitro benzene ring substituents is 1. The van der Waals surface area contributed by atoms with E-state index in [9.17, 15) is 43.7 Å². The lowest BCUT2D eigenvalue weighted by Gasteiger charge is -2.50. The van der Waals surface area contributed by atoms with Gasteiger partial charge >= 0.3 is 35.9 Å². The van der Waals surface area contributed by atoms with Crippen LogP contribution in [0.1, 0.15) is 67.4 Å². The molecular weight excluding hydrogens is 684 g/mol. The minimum absolute atomic E-state index is 0.242. The van der Waals surface area contributed by atoms with E-state index in [4.69, 9.17) is 37.9 Å². The monoisotopic (exact) mass is 726 g/mol. The average molecular weight is 727 g/mol. The van der Waals surface area contributed by atoms with E-state index >= 15 is 0 Å². The second kappa shape index (κ2) is 17.7. The normalized spacial score (nSPS) is 21.2. The second-order valence-corrected chi connectivity index (χ2v) is 12.3. The summed E-state index contributed by atoms with van der Waals surface area (Å²) in [6, 6.07) is 3.20. The lowest BCUT2D eigenvalue weighted by molar-refractivity contribution is -0.384. The first-order valence-corrected chi connectivity index (χ1v) is 15.4. The number of hydrogen-bond donors (Lipinski definition) is 0. The van der Waals surface area contributed by atoms with Gasteiger partial charge in [-0.15, -0.1) is 0 Å². The Kier molecular flexibility index (Phi) is 14.5. The van der Waals surface area contributed by atoms with Crippen LogP contribution in [0.25, 0.3) is 0 Å². The van der Waals surface area contributed by atoms with Crippen LogP contribution < -0.4 is 0 Å². The van der Waals surface area contributed by atoms with Gasteiger partial charge < -0.3 is 37.9 Å². The lowest BCUT2D eigenvalue weighted by atomic mass is 9.87. The molecule has 1 saturated heterocycles. The molecule has 1 fully saturated rings. The predicted octanol–water partition coefficient (Wildman–Crippen LogP) is 2.28. The number of hydrogen-bond acceptors (Lipinski definition) is 17. The minimum atomic E-state index is -2.59. The van der Waals surface area contributed by atoms with Gasteiger partial charge in [-0.05, 0) is 38.5 Å². The van der Waals surface area contributed by atoms with Gasteiger partial charge in [0.15, 0.2) is 12.2 Å². The fourth-order valence-corrected chi connectivity index (χ4v) is 5.11. The summed E-state index contributed by atoms with van der Waals surface area (Å²) in [7, 11) is 0.971. The molecule has 0 saturated carbocycles. The molecule has 0 unspecified atom stereocenters. The molecule has 6 atom stereocenters. The smallest absolute Gasteiger partial charge is 0.417 e. The van der Waals surface area contributed by atoms with Gasteiger partial charge in [-0.2, -0.15) is 0 Å². The SMILES string of the molecule is COC(=O)[C@]1(OCc2ccc([N+](=O)[O-])cc2)C[C@H](OC(C)=O)[C@@H](N(C(C)=O)C(=O)OC(C)(C)C)[C@H]([C@H](OC(C)=O)[C@@H](COC(C)=O)OC(C)=O)O1.